The summed E-state index contributed by atoms with van der Waals surface area (Å²) >= 11 is 0. The molecule has 0 spiro atoms. The van der Waals surface area contributed by atoms with Gasteiger partial charge in [0.15, 0.2) is 6.29 Å². The lowest BCUT2D eigenvalue weighted by Crippen LogP contribution is -2.62. The summed E-state index contributed by atoms with van der Waals surface area (Å²) < 4.78 is 27.1. The Morgan fingerprint density at radius 3 is 2.17 bits per heavy atom. The standard InChI is InChI=1S/C22H28O13/c1-8-3-2-4-9-14(8)10(5-13(24)32-9)33-22-20(30)18(28)16(26)12(35-22)7-31-21-19(29)17(27)15(25)11(6-23)34-21/h2-5,11-12,15-23,25-30H,6-7H2,1H3/t11-,12-,15-,16-,17+,18+,19-,20-,21+,22+/m1/s1. The fourth-order valence-electron chi connectivity index (χ4n) is 4.12. The maximum atomic E-state index is 12.0. The molecule has 3 heterocycles. The van der Waals surface area contributed by atoms with Crippen molar-refractivity contribution >= 4 is 11.0 Å². The molecular formula is C22H28O13. The number of aryl methyl sites for hydroxylation is 1. The van der Waals surface area contributed by atoms with Crippen LogP contribution in [0.15, 0.2) is 33.5 Å². The summed E-state index contributed by atoms with van der Waals surface area (Å²) in [4.78, 5) is 12.0. The first-order valence-electron chi connectivity index (χ1n) is 10.9. The lowest BCUT2D eigenvalue weighted by molar-refractivity contribution is -0.323. The molecule has 0 unspecified atom stereocenters. The lowest BCUT2D eigenvalue weighted by atomic mass is 9.98. The minimum Gasteiger partial charge on any atom is -0.461 e. The molecule has 2 fully saturated rings. The molecule has 7 N–H and O–H groups in total. The lowest BCUT2D eigenvalue weighted by Gasteiger charge is -2.42. The van der Waals surface area contributed by atoms with Gasteiger partial charge in [-0.25, -0.2) is 4.79 Å². The zero-order valence-electron chi connectivity index (χ0n) is 18.6. The fraction of sp³-hybridized carbons (Fsp3) is 0.591. The van der Waals surface area contributed by atoms with Crippen molar-refractivity contribution in [1.29, 1.82) is 0 Å². The molecule has 0 aliphatic carbocycles. The predicted molar refractivity (Wildman–Crippen MR) is 114 cm³/mol. The van der Waals surface area contributed by atoms with Gasteiger partial charge in [0.1, 0.15) is 60.2 Å². The van der Waals surface area contributed by atoms with Crippen LogP contribution in [0.5, 0.6) is 5.75 Å². The van der Waals surface area contributed by atoms with Crippen molar-refractivity contribution < 1.29 is 59.1 Å². The van der Waals surface area contributed by atoms with Crippen LogP contribution in [0.2, 0.25) is 0 Å². The van der Waals surface area contributed by atoms with E-state index < -0.39 is 80.3 Å². The van der Waals surface area contributed by atoms with Crippen LogP contribution in [0.3, 0.4) is 0 Å². The average Bonchev–Trinajstić information content (AvgIpc) is 2.83. The van der Waals surface area contributed by atoms with Gasteiger partial charge in [0, 0.05) is 0 Å². The Morgan fingerprint density at radius 1 is 0.857 bits per heavy atom. The summed E-state index contributed by atoms with van der Waals surface area (Å²) in [6, 6.07) is 6.05. The molecule has 2 aliphatic rings. The van der Waals surface area contributed by atoms with Crippen molar-refractivity contribution in [1.82, 2.24) is 0 Å². The Labute approximate surface area is 198 Å². The molecule has 0 amide bonds. The first-order valence-corrected chi connectivity index (χ1v) is 10.9. The maximum absolute atomic E-state index is 12.0. The average molecular weight is 500 g/mol. The number of fused-ring (bicyclic) bond motifs is 1. The van der Waals surface area contributed by atoms with E-state index in [9.17, 15) is 40.5 Å². The molecule has 194 valence electrons. The zero-order chi connectivity index (χ0) is 25.4. The molecule has 4 rings (SSSR count). The van der Waals surface area contributed by atoms with E-state index >= 15 is 0 Å². The van der Waals surface area contributed by atoms with Crippen LogP contribution in [-0.4, -0.2) is 110 Å². The second-order valence-electron chi connectivity index (χ2n) is 8.54. The second kappa shape index (κ2) is 10.4. The SMILES string of the molecule is Cc1cccc2oc(=O)cc(O[C@H]3O[C@H](CO[C@H]4O[C@H](CO)[C@@H](O)[C@H](O)[C@H]4O)[C@@H](O)[C@H](O)[C@H]3O)c12. The molecule has 2 aromatic rings. The number of hydrogen-bond acceptors (Lipinski definition) is 13. The second-order valence-corrected chi connectivity index (χ2v) is 8.54. The van der Waals surface area contributed by atoms with E-state index in [1.54, 1.807) is 25.1 Å². The summed E-state index contributed by atoms with van der Waals surface area (Å²) in [5, 5.41) is 70.8. The smallest absolute Gasteiger partial charge is 0.339 e. The number of ether oxygens (including phenoxy) is 4. The highest BCUT2D eigenvalue weighted by Crippen LogP contribution is 2.31. The van der Waals surface area contributed by atoms with Gasteiger partial charge < -0.3 is 59.1 Å². The van der Waals surface area contributed by atoms with Gasteiger partial charge in [0.25, 0.3) is 0 Å². The van der Waals surface area contributed by atoms with Gasteiger partial charge in [-0.05, 0) is 18.6 Å². The first-order chi connectivity index (χ1) is 16.6. The van der Waals surface area contributed by atoms with Crippen molar-refractivity contribution in [3.05, 3.63) is 40.2 Å². The molecule has 13 heteroatoms. The van der Waals surface area contributed by atoms with Gasteiger partial charge in [-0.3, -0.25) is 0 Å². The fourth-order valence-corrected chi connectivity index (χ4v) is 4.12. The molecular weight excluding hydrogens is 472 g/mol. The van der Waals surface area contributed by atoms with E-state index in [4.69, 9.17) is 23.4 Å². The Bertz CT molecular complexity index is 1070. The monoisotopic (exact) mass is 500 g/mol. The third kappa shape index (κ3) is 5.06. The van der Waals surface area contributed by atoms with Crippen molar-refractivity contribution in [2.75, 3.05) is 13.2 Å². The van der Waals surface area contributed by atoms with Crippen molar-refractivity contribution in [2.24, 2.45) is 0 Å². The van der Waals surface area contributed by atoms with Crippen molar-refractivity contribution in [3.63, 3.8) is 0 Å². The molecule has 1 aromatic carbocycles. The van der Waals surface area contributed by atoms with Crippen molar-refractivity contribution in [3.8, 4) is 5.75 Å². The highest BCUT2D eigenvalue weighted by molar-refractivity contribution is 5.86. The molecule has 2 aliphatic heterocycles. The van der Waals surface area contributed by atoms with Gasteiger partial charge in [-0.2, -0.15) is 0 Å². The number of hydrogen-bond donors (Lipinski definition) is 7. The van der Waals surface area contributed by atoms with E-state index in [2.05, 4.69) is 0 Å². The van der Waals surface area contributed by atoms with Crippen LogP contribution in [0, 0.1) is 6.92 Å². The number of rotatable bonds is 6. The largest absolute Gasteiger partial charge is 0.461 e. The Morgan fingerprint density at radius 2 is 1.49 bits per heavy atom. The Balaban J connectivity index is 1.51. The summed E-state index contributed by atoms with van der Waals surface area (Å²) in [5.74, 6) is 0.0237. The van der Waals surface area contributed by atoms with Crippen LogP contribution in [0.4, 0.5) is 0 Å². The van der Waals surface area contributed by atoms with Crippen LogP contribution in [-0.2, 0) is 14.2 Å². The Hall–Kier alpha value is -2.17. The van der Waals surface area contributed by atoms with E-state index in [1.807, 2.05) is 0 Å². The third-order valence-corrected chi connectivity index (χ3v) is 6.13. The topological polar surface area (TPSA) is 209 Å². The van der Waals surface area contributed by atoms with Crippen molar-refractivity contribution in [2.45, 2.75) is 68.3 Å². The molecule has 10 atom stereocenters. The molecule has 1 aromatic heterocycles. The minimum atomic E-state index is -1.73. The van der Waals surface area contributed by atoms with Gasteiger partial charge in [0.05, 0.1) is 24.7 Å². The number of aliphatic hydroxyl groups excluding tert-OH is 7. The molecule has 0 radical (unpaired) electrons. The quantitative estimate of drug-likeness (QED) is 0.199. The van der Waals surface area contributed by atoms with Crippen LogP contribution >= 0.6 is 0 Å². The van der Waals surface area contributed by atoms with E-state index in [1.165, 1.54) is 0 Å². The van der Waals surface area contributed by atoms with Gasteiger partial charge in [0.2, 0.25) is 6.29 Å². The molecule has 13 nitrogen and oxygen atoms in total. The molecule has 0 saturated carbocycles. The number of aliphatic hydroxyl groups is 7. The molecule has 2 saturated heterocycles. The molecule has 0 bridgehead atoms. The zero-order valence-corrected chi connectivity index (χ0v) is 18.6. The van der Waals surface area contributed by atoms with Gasteiger partial charge >= 0.3 is 5.63 Å². The predicted octanol–water partition coefficient (Wildman–Crippen LogP) is -2.90. The van der Waals surface area contributed by atoms with E-state index in [0.717, 1.165) is 6.07 Å². The normalized spacial score (nSPS) is 37.9. The number of benzene rings is 1. The van der Waals surface area contributed by atoms with E-state index in [-0.39, 0.29) is 11.3 Å². The molecule has 35 heavy (non-hydrogen) atoms. The Kier molecular flexibility index (Phi) is 7.73. The van der Waals surface area contributed by atoms with Gasteiger partial charge in [-0.1, -0.05) is 12.1 Å². The third-order valence-electron chi connectivity index (χ3n) is 6.13. The summed E-state index contributed by atoms with van der Waals surface area (Å²) in [5.41, 5.74) is 0.224. The van der Waals surface area contributed by atoms with Crippen LogP contribution in [0.1, 0.15) is 5.56 Å². The van der Waals surface area contributed by atoms with E-state index in [0.29, 0.717) is 10.9 Å². The first kappa shape index (κ1) is 25.9. The maximum Gasteiger partial charge on any atom is 0.339 e. The van der Waals surface area contributed by atoms with Gasteiger partial charge in [-0.15, -0.1) is 0 Å². The highest BCUT2D eigenvalue weighted by Gasteiger charge is 2.48. The summed E-state index contributed by atoms with van der Waals surface area (Å²) in [6.45, 7) is 0.583. The minimum absolute atomic E-state index is 0.0237. The van der Waals surface area contributed by atoms with Crippen LogP contribution in [0.25, 0.3) is 11.0 Å². The van der Waals surface area contributed by atoms with Crippen LogP contribution < -0.4 is 10.4 Å². The summed E-state index contributed by atoms with van der Waals surface area (Å²) in [6.07, 6.45) is -15.6. The highest BCUT2D eigenvalue weighted by atomic mass is 16.7. The summed E-state index contributed by atoms with van der Waals surface area (Å²) in [7, 11) is 0.